The van der Waals surface area contributed by atoms with Crippen molar-refractivity contribution in [1.82, 2.24) is 14.6 Å². The van der Waals surface area contributed by atoms with Gasteiger partial charge in [0.15, 0.2) is 6.61 Å². The summed E-state index contributed by atoms with van der Waals surface area (Å²) in [7, 11) is 0. The Bertz CT molecular complexity index is 1320. The van der Waals surface area contributed by atoms with Crippen LogP contribution in [-0.2, 0) is 9.53 Å². The quantitative estimate of drug-likeness (QED) is 0.398. The monoisotopic (exact) mass is 560 g/mol. The van der Waals surface area contributed by atoms with Crippen LogP contribution in [0, 0.1) is 0 Å². The van der Waals surface area contributed by atoms with Gasteiger partial charge < -0.3 is 14.4 Å². The van der Waals surface area contributed by atoms with E-state index in [1.165, 1.54) is 4.68 Å². The van der Waals surface area contributed by atoms with Gasteiger partial charge in [-0.1, -0.05) is 41.4 Å². The summed E-state index contributed by atoms with van der Waals surface area (Å²) < 4.78 is 13.0. The van der Waals surface area contributed by atoms with E-state index in [1.54, 1.807) is 35.4 Å². The first-order chi connectivity index (χ1) is 16.9. The third-order valence-corrected chi connectivity index (χ3v) is 6.67. The largest absolute Gasteiger partial charge is 0.482 e. The second-order valence-corrected chi connectivity index (χ2v) is 9.60. The van der Waals surface area contributed by atoms with Crippen LogP contribution in [-0.4, -0.2) is 59.6 Å². The molecule has 8 nitrogen and oxygen atoms in total. The van der Waals surface area contributed by atoms with Crippen LogP contribution in [0.25, 0.3) is 10.9 Å². The number of hydrogen-bond donors (Lipinski definition) is 0. The third kappa shape index (κ3) is 5.91. The van der Waals surface area contributed by atoms with Crippen LogP contribution in [0.15, 0.2) is 50.8 Å². The first-order valence-electron chi connectivity index (χ1n) is 11.4. The van der Waals surface area contributed by atoms with E-state index in [2.05, 4.69) is 21.0 Å². The molecule has 0 unspecified atom stereocenters. The van der Waals surface area contributed by atoms with Crippen molar-refractivity contribution in [3.8, 4) is 5.75 Å². The van der Waals surface area contributed by atoms with Crippen LogP contribution in [0.4, 0.5) is 0 Å². The summed E-state index contributed by atoms with van der Waals surface area (Å²) in [6.07, 6.45) is 2.37. The summed E-state index contributed by atoms with van der Waals surface area (Å²) in [6, 6.07) is 10.6. The van der Waals surface area contributed by atoms with E-state index < -0.39 is 0 Å². The van der Waals surface area contributed by atoms with Crippen molar-refractivity contribution in [2.45, 2.75) is 26.2 Å². The zero-order valence-corrected chi connectivity index (χ0v) is 21.9. The van der Waals surface area contributed by atoms with E-state index in [4.69, 9.17) is 26.1 Å². The third-order valence-electron chi connectivity index (χ3n) is 5.88. The maximum atomic E-state index is 13.2. The number of amides is 1. The van der Waals surface area contributed by atoms with E-state index >= 15 is 0 Å². The number of fused-ring (bicyclic) bond motifs is 1. The van der Waals surface area contributed by atoms with Crippen molar-refractivity contribution in [2.75, 3.05) is 32.9 Å². The van der Waals surface area contributed by atoms with E-state index in [0.717, 1.165) is 10.9 Å². The lowest BCUT2D eigenvalue weighted by Crippen LogP contribution is -2.43. The van der Waals surface area contributed by atoms with Gasteiger partial charge in [-0.15, -0.1) is 0 Å². The highest BCUT2D eigenvalue weighted by atomic mass is 79.9. The molecule has 184 valence electrons. The number of carbonyl (C=O) groups is 1. The number of morpholine rings is 1. The van der Waals surface area contributed by atoms with Crippen LogP contribution < -0.4 is 10.3 Å². The van der Waals surface area contributed by atoms with Crippen molar-refractivity contribution < 1.29 is 14.3 Å². The summed E-state index contributed by atoms with van der Waals surface area (Å²) in [5.41, 5.74) is 1.07. The predicted octanol–water partition coefficient (Wildman–Crippen LogP) is 4.45. The maximum Gasteiger partial charge on any atom is 0.282 e. The molecule has 2 aromatic carbocycles. The lowest BCUT2D eigenvalue weighted by atomic mass is 10.1. The average molecular weight is 562 g/mol. The normalized spacial score (nSPS) is 15.0. The molecule has 1 aliphatic rings. The first kappa shape index (κ1) is 25.3. The Morgan fingerprint density at radius 2 is 2.06 bits per heavy atom. The zero-order chi connectivity index (χ0) is 24.9. The van der Waals surface area contributed by atoms with Gasteiger partial charge in [0.05, 0.1) is 35.4 Å². The molecule has 1 saturated heterocycles. The van der Waals surface area contributed by atoms with Crippen molar-refractivity contribution in [2.24, 2.45) is 5.10 Å². The van der Waals surface area contributed by atoms with E-state index in [0.29, 0.717) is 59.4 Å². The smallest absolute Gasteiger partial charge is 0.282 e. The van der Waals surface area contributed by atoms with Gasteiger partial charge >= 0.3 is 0 Å². The Labute approximate surface area is 216 Å². The number of halogens is 2. The molecular weight excluding hydrogens is 536 g/mol. The van der Waals surface area contributed by atoms with Gasteiger partial charge in [-0.25, -0.2) is 4.98 Å². The molecule has 10 heteroatoms. The predicted molar refractivity (Wildman–Crippen MR) is 140 cm³/mol. The molecule has 1 amide bonds. The van der Waals surface area contributed by atoms with Crippen LogP contribution in [0.5, 0.6) is 5.75 Å². The summed E-state index contributed by atoms with van der Waals surface area (Å²) in [4.78, 5) is 32.0. The number of nitrogens with zero attached hydrogens (tertiary/aromatic N) is 4. The van der Waals surface area contributed by atoms with Crippen molar-refractivity contribution in [1.29, 1.82) is 0 Å². The van der Waals surface area contributed by atoms with Crippen LogP contribution >= 0.6 is 27.5 Å². The SMILES string of the molecule is CC[C@H](C)c1nc2ccc(Br)cc2c(=O)n1N=Cc1ccc(OCC(=O)N2CCOCC2)c(Cl)c1. The molecular formula is C25H26BrClN4O4. The number of aromatic nitrogens is 2. The molecule has 0 bridgehead atoms. The molecule has 1 aliphatic heterocycles. The highest BCUT2D eigenvalue weighted by Gasteiger charge is 2.18. The van der Waals surface area contributed by atoms with Crippen LogP contribution in [0.3, 0.4) is 0 Å². The second-order valence-electron chi connectivity index (χ2n) is 8.27. The van der Waals surface area contributed by atoms with Gasteiger partial charge in [0.1, 0.15) is 11.6 Å². The van der Waals surface area contributed by atoms with E-state index in [1.807, 2.05) is 26.0 Å². The van der Waals surface area contributed by atoms with E-state index in [-0.39, 0.29) is 24.0 Å². The number of hydrogen-bond acceptors (Lipinski definition) is 6. The van der Waals surface area contributed by atoms with Gasteiger partial charge in [-0.3, -0.25) is 9.59 Å². The Morgan fingerprint density at radius 1 is 1.29 bits per heavy atom. The van der Waals surface area contributed by atoms with Crippen LogP contribution in [0.2, 0.25) is 5.02 Å². The number of ether oxygens (including phenoxy) is 2. The molecule has 35 heavy (non-hydrogen) atoms. The van der Waals surface area contributed by atoms with Gasteiger partial charge in [-0.05, 0) is 48.4 Å². The fourth-order valence-electron chi connectivity index (χ4n) is 3.66. The van der Waals surface area contributed by atoms with Crippen molar-refractivity contribution in [3.63, 3.8) is 0 Å². The summed E-state index contributed by atoms with van der Waals surface area (Å²) in [5, 5.41) is 5.29. The Hall–Kier alpha value is -2.75. The summed E-state index contributed by atoms with van der Waals surface area (Å²) in [6.45, 7) is 6.14. The number of carbonyl (C=O) groups excluding carboxylic acids is 1. The Balaban J connectivity index is 1.56. The van der Waals surface area contributed by atoms with Crippen molar-refractivity contribution >= 4 is 50.6 Å². The fraction of sp³-hybridized carbons (Fsp3) is 0.360. The number of benzene rings is 2. The minimum Gasteiger partial charge on any atom is -0.482 e. The van der Waals surface area contributed by atoms with Gasteiger partial charge in [-0.2, -0.15) is 9.78 Å². The minimum absolute atomic E-state index is 0.0382. The lowest BCUT2D eigenvalue weighted by molar-refractivity contribution is -0.137. The summed E-state index contributed by atoms with van der Waals surface area (Å²) >= 11 is 9.81. The molecule has 0 spiro atoms. The molecule has 2 heterocycles. The molecule has 4 rings (SSSR count). The standard InChI is InChI=1S/C25H26BrClN4O4/c1-3-16(2)24-29-21-6-5-18(26)13-19(21)25(33)31(24)28-14-17-4-7-22(20(27)12-17)35-15-23(32)30-8-10-34-11-9-30/h4-7,12-14,16H,3,8-11,15H2,1-2H3/t16-/m0/s1. The average Bonchev–Trinajstić information content (AvgIpc) is 2.87. The first-order valence-corrected chi connectivity index (χ1v) is 12.6. The molecule has 1 fully saturated rings. The fourth-order valence-corrected chi connectivity index (χ4v) is 4.27. The molecule has 3 aromatic rings. The molecule has 0 radical (unpaired) electrons. The molecule has 0 N–H and O–H groups in total. The topological polar surface area (TPSA) is 86.0 Å². The minimum atomic E-state index is -0.240. The zero-order valence-electron chi connectivity index (χ0n) is 19.5. The van der Waals surface area contributed by atoms with Gasteiger partial charge in [0, 0.05) is 23.5 Å². The van der Waals surface area contributed by atoms with Crippen molar-refractivity contribution in [3.05, 3.63) is 67.6 Å². The maximum absolute atomic E-state index is 13.2. The summed E-state index contributed by atoms with van der Waals surface area (Å²) in [5.74, 6) is 0.926. The highest BCUT2D eigenvalue weighted by molar-refractivity contribution is 9.10. The molecule has 1 atom stereocenters. The number of rotatable bonds is 7. The molecule has 0 saturated carbocycles. The highest BCUT2D eigenvalue weighted by Crippen LogP contribution is 2.25. The second kappa shape index (κ2) is 11.3. The van der Waals surface area contributed by atoms with Crippen LogP contribution in [0.1, 0.15) is 37.6 Å². The Kier molecular flexibility index (Phi) is 8.20. The lowest BCUT2D eigenvalue weighted by Gasteiger charge is -2.26. The Morgan fingerprint density at radius 3 is 2.77 bits per heavy atom. The van der Waals surface area contributed by atoms with Gasteiger partial charge in [0.2, 0.25) is 0 Å². The van der Waals surface area contributed by atoms with Gasteiger partial charge in [0.25, 0.3) is 11.5 Å². The molecule has 1 aromatic heterocycles. The molecule has 0 aliphatic carbocycles. The van der Waals surface area contributed by atoms with E-state index in [9.17, 15) is 9.59 Å².